The van der Waals surface area contributed by atoms with Crippen LogP contribution in [0.1, 0.15) is 29.6 Å². The Bertz CT molecular complexity index is 525. The van der Waals surface area contributed by atoms with E-state index in [0.29, 0.717) is 11.1 Å². The number of nitrogens with zero attached hydrogens (tertiary/aromatic N) is 3. The van der Waals surface area contributed by atoms with Crippen molar-refractivity contribution in [3.63, 3.8) is 0 Å². The molecule has 0 saturated heterocycles. The summed E-state index contributed by atoms with van der Waals surface area (Å²) in [5.74, 6) is 2.20. The predicted octanol–water partition coefficient (Wildman–Crippen LogP) is 3.12. The summed E-state index contributed by atoms with van der Waals surface area (Å²) in [6.45, 7) is 0.810. The van der Waals surface area contributed by atoms with E-state index >= 15 is 0 Å². The highest BCUT2D eigenvalue weighted by atomic mass is 35.5. The number of rotatable bonds is 5. The second-order valence-electron chi connectivity index (χ2n) is 4.31. The Kier molecular flexibility index (Phi) is 3.43. The highest BCUT2D eigenvalue weighted by Crippen LogP contribution is 2.38. The average Bonchev–Trinajstić information content (AvgIpc) is 3.08. The van der Waals surface area contributed by atoms with Crippen LogP contribution in [0, 0.1) is 0 Å². The van der Waals surface area contributed by atoms with Crippen LogP contribution in [0.3, 0.4) is 0 Å². The van der Waals surface area contributed by atoms with E-state index in [1.165, 1.54) is 12.8 Å². The van der Waals surface area contributed by atoms with Crippen LogP contribution in [0.15, 0.2) is 17.6 Å². The Morgan fingerprint density at radius 1 is 1.39 bits per heavy atom. The highest BCUT2D eigenvalue weighted by Gasteiger charge is 2.27. The standard InChI is InChI=1S/C12H13ClN4S/c13-9-7-10(17-12(16-9)8-1-2-8)14-4-3-11-15-5-6-18-11/h5-8H,1-4H2,(H,14,16,17). The minimum absolute atomic E-state index is 0.517. The van der Waals surface area contributed by atoms with E-state index in [-0.39, 0.29) is 0 Å². The fourth-order valence-electron chi connectivity index (χ4n) is 1.72. The molecule has 0 atom stereocenters. The summed E-state index contributed by atoms with van der Waals surface area (Å²) in [5, 5.41) is 6.91. The van der Waals surface area contributed by atoms with E-state index in [0.717, 1.165) is 29.6 Å². The maximum Gasteiger partial charge on any atom is 0.135 e. The zero-order chi connectivity index (χ0) is 12.4. The fourth-order valence-corrected chi connectivity index (χ4v) is 2.53. The van der Waals surface area contributed by atoms with E-state index in [9.17, 15) is 0 Å². The Morgan fingerprint density at radius 2 is 2.28 bits per heavy atom. The number of aromatic nitrogens is 3. The van der Waals surface area contributed by atoms with Crippen molar-refractivity contribution in [1.29, 1.82) is 0 Å². The van der Waals surface area contributed by atoms with Gasteiger partial charge in [-0.05, 0) is 12.8 Å². The molecule has 6 heteroatoms. The van der Waals surface area contributed by atoms with Crippen molar-refractivity contribution in [2.75, 3.05) is 11.9 Å². The molecule has 0 spiro atoms. The topological polar surface area (TPSA) is 50.7 Å². The minimum Gasteiger partial charge on any atom is -0.369 e. The molecule has 0 aromatic carbocycles. The van der Waals surface area contributed by atoms with Crippen LogP contribution in [0.4, 0.5) is 5.82 Å². The van der Waals surface area contributed by atoms with Gasteiger partial charge in [0.25, 0.3) is 0 Å². The first-order valence-corrected chi connectivity index (χ1v) is 7.24. The molecule has 0 radical (unpaired) electrons. The van der Waals surface area contributed by atoms with E-state index in [1.54, 1.807) is 17.4 Å². The number of anilines is 1. The first kappa shape index (κ1) is 11.9. The highest BCUT2D eigenvalue weighted by molar-refractivity contribution is 7.09. The van der Waals surface area contributed by atoms with Crippen LogP contribution in [0.2, 0.25) is 5.15 Å². The van der Waals surface area contributed by atoms with Crippen molar-refractivity contribution in [2.24, 2.45) is 0 Å². The van der Waals surface area contributed by atoms with Gasteiger partial charge in [0.1, 0.15) is 16.8 Å². The Balaban J connectivity index is 1.61. The van der Waals surface area contributed by atoms with E-state index in [4.69, 9.17) is 11.6 Å². The summed E-state index contributed by atoms with van der Waals surface area (Å²) in [6.07, 6.45) is 5.09. The summed E-state index contributed by atoms with van der Waals surface area (Å²) < 4.78 is 0. The Morgan fingerprint density at radius 3 is 3.00 bits per heavy atom. The molecule has 2 heterocycles. The van der Waals surface area contributed by atoms with Crippen molar-refractivity contribution in [2.45, 2.75) is 25.2 Å². The third-order valence-corrected chi connectivity index (χ3v) is 3.82. The maximum atomic E-state index is 6.00. The number of thiazole rings is 1. The molecule has 94 valence electrons. The molecule has 1 saturated carbocycles. The van der Waals surface area contributed by atoms with Gasteiger partial charge in [-0.2, -0.15) is 0 Å². The van der Waals surface area contributed by atoms with Crippen LogP contribution in [-0.4, -0.2) is 21.5 Å². The summed E-state index contributed by atoms with van der Waals surface area (Å²) in [6, 6.07) is 1.77. The normalized spacial score (nSPS) is 14.7. The average molecular weight is 281 g/mol. The van der Waals surface area contributed by atoms with Gasteiger partial charge in [0.2, 0.25) is 0 Å². The summed E-state index contributed by atoms with van der Waals surface area (Å²) in [7, 11) is 0. The Labute approximate surface area is 114 Å². The molecule has 1 aliphatic rings. The van der Waals surface area contributed by atoms with E-state index in [2.05, 4.69) is 20.3 Å². The van der Waals surface area contributed by atoms with Gasteiger partial charge < -0.3 is 5.32 Å². The summed E-state index contributed by atoms with van der Waals surface area (Å²) in [4.78, 5) is 13.0. The van der Waals surface area contributed by atoms with Crippen molar-refractivity contribution >= 4 is 28.8 Å². The number of halogens is 1. The number of nitrogens with one attached hydrogen (secondary N) is 1. The van der Waals surface area contributed by atoms with Crippen molar-refractivity contribution in [3.05, 3.63) is 33.6 Å². The van der Waals surface area contributed by atoms with E-state index < -0.39 is 0 Å². The van der Waals surface area contributed by atoms with Crippen LogP contribution in [0.5, 0.6) is 0 Å². The van der Waals surface area contributed by atoms with Gasteiger partial charge in [-0.15, -0.1) is 11.3 Å². The quantitative estimate of drug-likeness (QED) is 0.855. The molecule has 0 unspecified atom stereocenters. The SMILES string of the molecule is Clc1cc(NCCc2nccs2)nc(C2CC2)n1. The smallest absolute Gasteiger partial charge is 0.135 e. The minimum atomic E-state index is 0.517. The van der Waals surface area contributed by atoms with Gasteiger partial charge in [0.05, 0.1) is 5.01 Å². The third-order valence-electron chi connectivity index (χ3n) is 2.78. The van der Waals surface area contributed by atoms with Crippen LogP contribution in [-0.2, 0) is 6.42 Å². The first-order valence-electron chi connectivity index (χ1n) is 5.98. The largest absolute Gasteiger partial charge is 0.369 e. The third kappa shape index (κ3) is 2.97. The molecule has 0 aliphatic heterocycles. The molecule has 18 heavy (non-hydrogen) atoms. The van der Waals surface area contributed by atoms with Crippen molar-refractivity contribution in [3.8, 4) is 0 Å². The summed E-state index contributed by atoms with van der Waals surface area (Å²) in [5.41, 5.74) is 0. The van der Waals surface area contributed by atoms with Crippen LogP contribution < -0.4 is 5.32 Å². The van der Waals surface area contributed by atoms with Gasteiger partial charge in [-0.1, -0.05) is 11.6 Å². The van der Waals surface area contributed by atoms with Crippen molar-refractivity contribution in [1.82, 2.24) is 15.0 Å². The van der Waals surface area contributed by atoms with Gasteiger partial charge in [-0.25, -0.2) is 15.0 Å². The number of hydrogen-bond donors (Lipinski definition) is 1. The predicted molar refractivity (Wildman–Crippen MR) is 73.3 cm³/mol. The molecule has 1 N–H and O–H groups in total. The molecule has 0 amide bonds. The second kappa shape index (κ2) is 5.20. The number of hydrogen-bond acceptors (Lipinski definition) is 5. The molecule has 2 aromatic heterocycles. The molecule has 1 aliphatic carbocycles. The molecule has 0 bridgehead atoms. The zero-order valence-electron chi connectivity index (χ0n) is 9.77. The second-order valence-corrected chi connectivity index (χ2v) is 5.68. The monoisotopic (exact) mass is 280 g/mol. The first-order chi connectivity index (χ1) is 8.81. The van der Waals surface area contributed by atoms with Gasteiger partial charge in [0, 0.05) is 36.5 Å². The molecular weight excluding hydrogens is 268 g/mol. The summed E-state index contributed by atoms with van der Waals surface area (Å²) >= 11 is 7.67. The fraction of sp³-hybridized carbons (Fsp3) is 0.417. The lowest BCUT2D eigenvalue weighted by Gasteiger charge is -2.06. The lowest BCUT2D eigenvalue weighted by atomic mass is 10.4. The molecular formula is C12H13ClN4S. The van der Waals surface area contributed by atoms with Gasteiger partial charge in [0.15, 0.2) is 0 Å². The molecule has 4 nitrogen and oxygen atoms in total. The maximum absolute atomic E-state index is 6.00. The molecule has 3 rings (SSSR count). The lowest BCUT2D eigenvalue weighted by Crippen LogP contribution is -2.07. The zero-order valence-corrected chi connectivity index (χ0v) is 11.3. The van der Waals surface area contributed by atoms with Crippen LogP contribution in [0.25, 0.3) is 0 Å². The van der Waals surface area contributed by atoms with Gasteiger partial charge in [-0.3, -0.25) is 0 Å². The van der Waals surface area contributed by atoms with Crippen LogP contribution >= 0.6 is 22.9 Å². The van der Waals surface area contributed by atoms with E-state index in [1.807, 2.05) is 11.6 Å². The Hall–Kier alpha value is -1.20. The lowest BCUT2D eigenvalue weighted by molar-refractivity contribution is 0.913. The molecule has 1 fully saturated rings. The molecule has 2 aromatic rings. The van der Waals surface area contributed by atoms with Crippen molar-refractivity contribution < 1.29 is 0 Å². The van der Waals surface area contributed by atoms with Gasteiger partial charge >= 0.3 is 0 Å².